The van der Waals surface area contributed by atoms with Gasteiger partial charge in [-0.25, -0.2) is 4.79 Å². The molecule has 14 heteroatoms. The first-order valence-electron chi connectivity index (χ1n) is 26.4. The van der Waals surface area contributed by atoms with Gasteiger partial charge in [0.05, 0.1) is 37.6 Å². The summed E-state index contributed by atoms with van der Waals surface area (Å²) >= 11 is 0. The number of aliphatic hydroxyl groups excluding tert-OH is 2. The van der Waals surface area contributed by atoms with E-state index >= 15 is 0 Å². The first-order chi connectivity index (χ1) is 34.2. The van der Waals surface area contributed by atoms with Crippen LogP contribution in [0.15, 0.2) is 77.9 Å². The number of ketones is 3. The summed E-state index contributed by atoms with van der Waals surface area (Å²) in [6.07, 6.45) is 14.5. The Morgan fingerprint density at radius 3 is 2.31 bits per heavy atom. The minimum atomic E-state index is -2.40. The van der Waals surface area contributed by atoms with Crippen molar-refractivity contribution < 1.29 is 63.0 Å². The van der Waals surface area contributed by atoms with Crippen molar-refractivity contribution in [2.75, 3.05) is 34.0 Å². The van der Waals surface area contributed by atoms with Gasteiger partial charge >= 0.3 is 5.97 Å². The van der Waals surface area contributed by atoms with Gasteiger partial charge in [-0.3, -0.25) is 19.2 Å². The van der Waals surface area contributed by atoms with Crippen molar-refractivity contribution in [3.8, 4) is 0 Å². The molecule has 1 saturated carbocycles. The number of amides is 1. The predicted octanol–water partition coefficient (Wildman–Crippen LogP) is 8.04. The molecule has 1 aromatic rings. The topological polar surface area (TPSA) is 195 Å². The summed E-state index contributed by atoms with van der Waals surface area (Å²) in [5.41, 5.74) is 2.52. The van der Waals surface area contributed by atoms with Crippen molar-refractivity contribution in [2.24, 2.45) is 35.5 Å². The van der Waals surface area contributed by atoms with Crippen molar-refractivity contribution in [3.63, 3.8) is 0 Å². The fourth-order valence-corrected chi connectivity index (χ4v) is 10.3. The van der Waals surface area contributed by atoms with Gasteiger partial charge in [-0.05, 0) is 126 Å². The number of likely N-dealkylation sites (tertiary alicyclic amines) is 1. The SMILES string of the molecule is CO[C@@H]1C[C@H](C[C@@H](C)COC(=O)C2CCCCN2C(=O)C(=O)[C@]2(O)O[C@H](CC(OCCc3ccccc3)/C(C)=C/C=C/C=C/[C@@H](C)C[C@@H](C)C(=O)[C@H](OC)[C@H](O)/C(C)=C/[C@@H](C)C(C)=O)CC[C@H]2C)CC[C@H]1O. The van der Waals surface area contributed by atoms with E-state index in [1.165, 1.54) is 18.9 Å². The fraction of sp³-hybridized carbons (Fsp3) is 0.672. The molecule has 4 rings (SSSR count). The first-order valence-corrected chi connectivity index (χ1v) is 26.4. The molecule has 0 aromatic heterocycles. The number of rotatable bonds is 27. The number of allylic oxidation sites excluding steroid dienone is 6. The molecule has 0 radical (unpaired) electrons. The Morgan fingerprint density at radius 1 is 0.903 bits per heavy atom. The monoisotopic (exact) mass is 1010 g/mol. The highest BCUT2D eigenvalue weighted by Gasteiger charge is 2.53. The van der Waals surface area contributed by atoms with E-state index in [0.29, 0.717) is 75.9 Å². The lowest BCUT2D eigenvalue weighted by atomic mass is 9.80. The van der Waals surface area contributed by atoms with Gasteiger partial charge in [0.2, 0.25) is 5.79 Å². The number of esters is 1. The summed E-state index contributed by atoms with van der Waals surface area (Å²) in [7, 11) is 3.01. The number of ether oxygens (including phenoxy) is 5. The number of piperidine rings is 1. The normalized spacial score (nSPS) is 27.4. The highest BCUT2D eigenvalue weighted by Crippen LogP contribution is 2.37. The summed E-state index contributed by atoms with van der Waals surface area (Å²) in [5, 5.41) is 33.2. The van der Waals surface area contributed by atoms with Crippen LogP contribution in [0, 0.1) is 35.5 Å². The lowest BCUT2D eigenvalue weighted by Gasteiger charge is -2.42. The number of nitrogens with zero attached hydrogens (tertiary/aromatic N) is 1. The molecule has 3 fully saturated rings. The van der Waals surface area contributed by atoms with Crippen molar-refractivity contribution in [1.82, 2.24) is 4.90 Å². The van der Waals surface area contributed by atoms with Crippen LogP contribution in [0.25, 0.3) is 0 Å². The Morgan fingerprint density at radius 2 is 1.62 bits per heavy atom. The highest BCUT2D eigenvalue weighted by atomic mass is 16.6. The van der Waals surface area contributed by atoms with E-state index in [-0.39, 0.29) is 48.6 Å². The zero-order valence-electron chi connectivity index (χ0n) is 44.8. The second-order valence-electron chi connectivity index (χ2n) is 21.2. The van der Waals surface area contributed by atoms with Crippen LogP contribution in [-0.2, 0) is 54.1 Å². The molecule has 1 aromatic carbocycles. The van der Waals surface area contributed by atoms with Crippen LogP contribution in [0.1, 0.15) is 132 Å². The molecule has 2 saturated heterocycles. The smallest absolute Gasteiger partial charge is 0.328 e. The zero-order valence-corrected chi connectivity index (χ0v) is 44.8. The molecule has 1 amide bonds. The second kappa shape index (κ2) is 29.7. The third-order valence-electron chi connectivity index (χ3n) is 15.1. The van der Waals surface area contributed by atoms with Crippen molar-refractivity contribution in [1.29, 1.82) is 0 Å². The Bertz CT molecular complexity index is 2030. The maximum Gasteiger partial charge on any atom is 0.328 e. The molecule has 402 valence electrons. The minimum absolute atomic E-state index is 0.0263. The fourth-order valence-electron chi connectivity index (χ4n) is 10.3. The minimum Gasteiger partial charge on any atom is -0.464 e. The van der Waals surface area contributed by atoms with Gasteiger partial charge in [0.25, 0.3) is 11.7 Å². The maximum atomic E-state index is 14.2. The molecule has 1 aliphatic carbocycles. The molecular weight excluding hydrogens is 919 g/mol. The number of benzene rings is 1. The summed E-state index contributed by atoms with van der Waals surface area (Å²) in [6, 6.07) is 9.04. The molecular formula is C58H87NO13. The highest BCUT2D eigenvalue weighted by molar-refractivity contribution is 6.39. The third kappa shape index (κ3) is 17.8. The number of hydrogen-bond acceptors (Lipinski definition) is 13. The number of aliphatic hydroxyl groups is 3. The number of carbonyl (C=O) groups is 5. The van der Waals surface area contributed by atoms with Crippen LogP contribution in [-0.4, -0.2) is 132 Å². The van der Waals surface area contributed by atoms with Crippen LogP contribution in [0.4, 0.5) is 0 Å². The molecule has 0 spiro atoms. The number of methoxy groups -OCH3 is 2. The largest absolute Gasteiger partial charge is 0.464 e. The van der Waals surface area contributed by atoms with Gasteiger partial charge in [-0.15, -0.1) is 0 Å². The van der Waals surface area contributed by atoms with Crippen LogP contribution in [0.3, 0.4) is 0 Å². The molecule has 2 heterocycles. The predicted molar refractivity (Wildman–Crippen MR) is 276 cm³/mol. The standard InChI is InChI=1S/C58H87NO13/c1-37(31-41(5)52(62)54(69-10)53(63)42(6)33-40(4)44(8)60)19-13-11-14-20-39(3)50(70-30-28-45-21-15-12-16-22-45)35-47-26-24-43(7)58(67,72-47)55(64)56(65)59-29-18-17-23-48(59)57(66)71-36-38(2)32-46-25-27-49(61)51(34-46)68-9/h11-16,19-22,33,37-38,40-41,43,46-51,53-54,61,63,67H,17-18,23-32,34-36H2,1-10H3/b14-11+,19-13+,39-20+,42-33+/t37-,38-,40-,41-,43-,46+,47+,48?,49-,50?,51-,53-,54+,58-/m1/s1. The average Bonchev–Trinajstić information content (AvgIpc) is 3.36. The van der Waals surface area contributed by atoms with E-state index in [2.05, 4.69) is 0 Å². The van der Waals surface area contributed by atoms with Gasteiger partial charge < -0.3 is 43.9 Å². The van der Waals surface area contributed by atoms with Gasteiger partial charge in [-0.1, -0.05) is 101 Å². The zero-order chi connectivity index (χ0) is 53.1. The van der Waals surface area contributed by atoms with E-state index in [4.69, 9.17) is 23.7 Å². The van der Waals surface area contributed by atoms with Crippen LogP contribution in [0.5, 0.6) is 0 Å². The molecule has 3 aliphatic rings. The first kappa shape index (κ1) is 60.4. The summed E-state index contributed by atoms with van der Waals surface area (Å²) in [6.45, 7) is 15.2. The van der Waals surface area contributed by atoms with E-state index in [9.17, 15) is 39.3 Å². The molecule has 14 atom stereocenters. The molecule has 0 bridgehead atoms. The molecule has 2 aliphatic heterocycles. The van der Waals surface area contributed by atoms with Gasteiger partial charge in [0, 0.05) is 44.9 Å². The van der Waals surface area contributed by atoms with Crippen LogP contribution < -0.4 is 0 Å². The summed E-state index contributed by atoms with van der Waals surface area (Å²) in [5.74, 6) is -6.32. The average molecular weight is 1010 g/mol. The third-order valence-corrected chi connectivity index (χ3v) is 15.1. The molecule has 72 heavy (non-hydrogen) atoms. The van der Waals surface area contributed by atoms with Crippen molar-refractivity contribution in [2.45, 2.75) is 181 Å². The summed E-state index contributed by atoms with van der Waals surface area (Å²) < 4.78 is 29.5. The Hall–Kier alpha value is -4.15. The molecule has 2 unspecified atom stereocenters. The Labute approximate surface area is 429 Å². The quantitative estimate of drug-likeness (QED) is 0.0332. The molecule has 14 nitrogen and oxygen atoms in total. The van der Waals surface area contributed by atoms with Crippen LogP contribution in [0.2, 0.25) is 0 Å². The van der Waals surface area contributed by atoms with E-state index in [0.717, 1.165) is 30.4 Å². The number of Topliss-reactive ketones (excluding diaryl/α,β-unsaturated/α-hetero) is 3. The van der Waals surface area contributed by atoms with E-state index < -0.39 is 71.8 Å². The van der Waals surface area contributed by atoms with E-state index in [1.54, 1.807) is 34.0 Å². The van der Waals surface area contributed by atoms with Gasteiger partial charge in [0.1, 0.15) is 24.0 Å². The Balaban J connectivity index is 1.39. The Kier molecular flexibility index (Phi) is 24.9. The second-order valence-corrected chi connectivity index (χ2v) is 21.2. The van der Waals surface area contributed by atoms with Crippen LogP contribution >= 0.6 is 0 Å². The van der Waals surface area contributed by atoms with Crippen molar-refractivity contribution in [3.05, 3.63) is 83.5 Å². The lowest BCUT2D eigenvalue weighted by Crippen LogP contribution is -2.60. The van der Waals surface area contributed by atoms with Gasteiger partial charge in [0.15, 0.2) is 5.78 Å². The maximum absolute atomic E-state index is 14.2. The van der Waals surface area contributed by atoms with Gasteiger partial charge in [-0.2, -0.15) is 0 Å². The summed E-state index contributed by atoms with van der Waals surface area (Å²) in [4.78, 5) is 68.3. The lowest BCUT2D eigenvalue weighted by molar-refractivity contribution is -0.266. The number of hydrogen-bond donors (Lipinski definition) is 3. The van der Waals surface area contributed by atoms with E-state index in [1.807, 2.05) is 88.4 Å². The molecule has 3 N–H and O–H groups in total. The van der Waals surface area contributed by atoms with Crippen molar-refractivity contribution >= 4 is 29.2 Å². The number of carbonyl (C=O) groups excluding carboxylic acids is 5.